The van der Waals surface area contributed by atoms with Gasteiger partial charge in [-0.2, -0.15) is 26.3 Å². The van der Waals surface area contributed by atoms with E-state index in [1.807, 2.05) is 0 Å². The van der Waals surface area contributed by atoms with Crippen molar-refractivity contribution in [3.63, 3.8) is 0 Å². The van der Waals surface area contributed by atoms with Gasteiger partial charge in [0.2, 0.25) is 0 Å². The SMILES string of the molecule is CCN(CCOCCOCCOCCOCCOCCOCCOCCOCCO)S(=O)(=O)C(F)(F)C(F)(F)F. The average Bonchev–Trinajstić information content (AvgIpc) is 2.89. The molecule has 0 aliphatic heterocycles. The number of sulfonamides is 1. The third-order valence-electron chi connectivity index (χ3n) is 4.67. The molecule has 0 rings (SSSR count). The summed E-state index contributed by atoms with van der Waals surface area (Å²) >= 11 is 0. The van der Waals surface area contributed by atoms with Crippen LogP contribution in [0.3, 0.4) is 0 Å². The van der Waals surface area contributed by atoms with Crippen molar-refractivity contribution in [3.05, 3.63) is 0 Å². The molecule has 0 heterocycles. The van der Waals surface area contributed by atoms with Crippen LogP contribution in [0, 0.1) is 0 Å². The van der Waals surface area contributed by atoms with Gasteiger partial charge in [-0.05, 0) is 0 Å². The van der Waals surface area contributed by atoms with Gasteiger partial charge in [-0.15, -0.1) is 0 Å². The first-order valence-corrected chi connectivity index (χ1v) is 14.1. The molecule has 0 unspecified atom stereocenters. The quantitative estimate of drug-likeness (QED) is 0.0943. The Labute approximate surface area is 231 Å². The lowest BCUT2D eigenvalue weighted by molar-refractivity contribution is -0.242. The summed E-state index contributed by atoms with van der Waals surface area (Å²) in [6.45, 7) is 4.45. The van der Waals surface area contributed by atoms with Gasteiger partial charge in [-0.1, -0.05) is 6.92 Å². The van der Waals surface area contributed by atoms with Gasteiger partial charge in [-0.3, -0.25) is 0 Å². The van der Waals surface area contributed by atoms with Crippen LogP contribution >= 0.6 is 0 Å². The van der Waals surface area contributed by atoms with Gasteiger partial charge in [0.25, 0.3) is 10.0 Å². The van der Waals surface area contributed by atoms with Crippen LogP contribution in [0.2, 0.25) is 0 Å². The largest absolute Gasteiger partial charge is 0.470 e. The molecule has 0 radical (unpaired) electrons. The van der Waals surface area contributed by atoms with E-state index in [0.29, 0.717) is 72.7 Å². The van der Waals surface area contributed by atoms with Crippen molar-refractivity contribution in [1.29, 1.82) is 0 Å². The number of rotatable bonds is 29. The third kappa shape index (κ3) is 17.9. The average molecular weight is 624 g/mol. The molecule has 242 valence electrons. The molecule has 0 aliphatic rings. The Hall–Kier alpha value is -0.800. The fourth-order valence-corrected chi connectivity index (χ4v) is 3.90. The molecular weight excluding hydrogens is 581 g/mol. The van der Waals surface area contributed by atoms with E-state index in [1.165, 1.54) is 0 Å². The molecule has 0 aromatic heterocycles. The van der Waals surface area contributed by atoms with Gasteiger partial charge in [-0.25, -0.2) is 8.42 Å². The predicted molar refractivity (Wildman–Crippen MR) is 131 cm³/mol. The Morgan fingerprint density at radius 1 is 0.550 bits per heavy atom. The number of aliphatic hydroxyl groups excluding tert-OH is 1. The summed E-state index contributed by atoms with van der Waals surface area (Å²) in [5.74, 6) is 0. The highest BCUT2D eigenvalue weighted by Gasteiger charge is 2.68. The number of alkyl halides is 5. The van der Waals surface area contributed by atoms with E-state index in [0.717, 1.165) is 6.92 Å². The minimum Gasteiger partial charge on any atom is -0.394 e. The summed E-state index contributed by atoms with van der Waals surface area (Å²) in [6, 6.07) is 0. The number of aliphatic hydroxyl groups is 1. The van der Waals surface area contributed by atoms with Crippen molar-refractivity contribution < 1.29 is 73.4 Å². The van der Waals surface area contributed by atoms with E-state index < -0.39 is 34.5 Å². The highest BCUT2D eigenvalue weighted by atomic mass is 32.2. The van der Waals surface area contributed by atoms with Crippen molar-refractivity contribution in [2.45, 2.75) is 18.4 Å². The minimum absolute atomic E-state index is 0.0122. The number of likely N-dealkylation sites (N-methyl/N-ethyl adjacent to an activating group) is 1. The number of halogens is 5. The Morgan fingerprint density at radius 2 is 0.825 bits per heavy atom. The normalized spacial score (nSPS) is 13.0. The van der Waals surface area contributed by atoms with Crippen LogP contribution < -0.4 is 0 Å². The van der Waals surface area contributed by atoms with E-state index in [-0.39, 0.29) is 43.9 Å². The molecule has 0 saturated carbocycles. The van der Waals surface area contributed by atoms with Gasteiger partial charge in [0, 0.05) is 13.1 Å². The maximum atomic E-state index is 13.3. The second-order valence-electron chi connectivity index (χ2n) is 7.63. The van der Waals surface area contributed by atoms with Crippen LogP contribution in [0.4, 0.5) is 22.0 Å². The zero-order valence-electron chi connectivity index (χ0n) is 22.7. The third-order valence-corrected chi connectivity index (χ3v) is 6.67. The first-order chi connectivity index (χ1) is 19.0. The van der Waals surface area contributed by atoms with Crippen molar-refractivity contribution in [2.24, 2.45) is 0 Å². The topological polar surface area (TPSA) is 131 Å². The predicted octanol–water partition coefficient (Wildman–Crippen LogP) is 0.918. The van der Waals surface area contributed by atoms with Gasteiger partial charge >= 0.3 is 11.4 Å². The summed E-state index contributed by atoms with van der Waals surface area (Å²) in [4.78, 5) is 0. The molecule has 0 bridgehead atoms. The van der Waals surface area contributed by atoms with Crippen LogP contribution in [0.15, 0.2) is 0 Å². The molecule has 12 nitrogen and oxygen atoms in total. The maximum absolute atomic E-state index is 13.3. The smallest absolute Gasteiger partial charge is 0.394 e. The summed E-state index contributed by atoms with van der Waals surface area (Å²) in [5.41, 5.74) is 0. The van der Waals surface area contributed by atoms with E-state index in [1.54, 1.807) is 0 Å². The maximum Gasteiger partial charge on any atom is 0.470 e. The van der Waals surface area contributed by atoms with Crippen LogP contribution in [0.1, 0.15) is 6.92 Å². The molecule has 0 aromatic rings. The number of ether oxygens (including phenoxy) is 8. The Kier molecular flexibility index (Phi) is 23.3. The first kappa shape index (κ1) is 39.2. The fraction of sp³-hybridized carbons (Fsp3) is 1.00. The molecule has 18 heteroatoms. The Bertz CT molecular complexity index is 691. The lowest BCUT2D eigenvalue weighted by Crippen LogP contribution is -2.52. The summed E-state index contributed by atoms with van der Waals surface area (Å²) < 4.78 is 129. The second-order valence-corrected chi connectivity index (χ2v) is 9.61. The number of hydrogen-bond donors (Lipinski definition) is 1. The van der Waals surface area contributed by atoms with Crippen LogP contribution in [-0.4, -0.2) is 155 Å². The van der Waals surface area contributed by atoms with Crippen LogP contribution in [-0.2, 0) is 47.9 Å². The molecule has 0 aliphatic carbocycles. The molecular formula is C22H42F5NO11S. The van der Waals surface area contributed by atoms with Gasteiger partial charge < -0.3 is 43.0 Å². The lowest BCUT2D eigenvalue weighted by Gasteiger charge is -2.27. The standard InChI is InChI=1S/C22H42F5NO11S/c1-2-28(40(30,31)22(26,27)21(23,24)25)3-5-32-7-9-34-11-13-36-15-17-38-19-20-39-18-16-37-14-12-35-10-8-33-6-4-29/h29H,2-20H2,1H3. The Morgan fingerprint density at radius 3 is 1.07 bits per heavy atom. The molecule has 0 spiro atoms. The summed E-state index contributed by atoms with van der Waals surface area (Å²) in [6.07, 6.45) is -6.22. The van der Waals surface area contributed by atoms with Crippen LogP contribution in [0.25, 0.3) is 0 Å². The zero-order valence-corrected chi connectivity index (χ0v) is 23.5. The monoisotopic (exact) mass is 623 g/mol. The van der Waals surface area contributed by atoms with E-state index in [4.69, 9.17) is 43.0 Å². The highest BCUT2D eigenvalue weighted by Crippen LogP contribution is 2.41. The van der Waals surface area contributed by atoms with Gasteiger partial charge in [0.1, 0.15) is 0 Å². The molecule has 0 fully saturated rings. The van der Waals surface area contributed by atoms with E-state index in [2.05, 4.69) is 0 Å². The minimum atomic E-state index is -6.22. The zero-order chi connectivity index (χ0) is 30.2. The van der Waals surface area contributed by atoms with Crippen molar-refractivity contribution >= 4 is 10.0 Å². The second kappa shape index (κ2) is 23.7. The van der Waals surface area contributed by atoms with E-state index >= 15 is 0 Å². The Balaban J connectivity index is 3.48. The fourth-order valence-electron chi connectivity index (χ4n) is 2.63. The van der Waals surface area contributed by atoms with Crippen molar-refractivity contribution in [1.82, 2.24) is 4.31 Å². The summed E-state index contributed by atoms with van der Waals surface area (Å²) in [5, 5.41) is 2.65. The molecule has 1 N–H and O–H groups in total. The van der Waals surface area contributed by atoms with Gasteiger partial charge in [0.15, 0.2) is 0 Å². The molecule has 0 saturated heterocycles. The highest BCUT2D eigenvalue weighted by molar-refractivity contribution is 7.90. The number of nitrogens with zero attached hydrogens (tertiary/aromatic N) is 1. The molecule has 0 aromatic carbocycles. The van der Waals surface area contributed by atoms with Crippen molar-refractivity contribution in [2.75, 3.05) is 125 Å². The van der Waals surface area contributed by atoms with Crippen LogP contribution in [0.5, 0.6) is 0 Å². The molecule has 40 heavy (non-hydrogen) atoms. The van der Waals surface area contributed by atoms with Gasteiger partial charge in [0.05, 0.1) is 112 Å². The number of hydrogen-bond acceptors (Lipinski definition) is 11. The molecule has 0 atom stereocenters. The van der Waals surface area contributed by atoms with Crippen molar-refractivity contribution in [3.8, 4) is 0 Å². The first-order valence-electron chi connectivity index (χ1n) is 12.7. The molecule has 0 amide bonds. The van der Waals surface area contributed by atoms with E-state index in [9.17, 15) is 30.4 Å². The summed E-state index contributed by atoms with van der Waals surface area (Å²) in [7, 11) is -5.92. The lowest BCUT2D eigenvalue weighted by atomic mass is 10.6.